The highest BCUT2D eigenvalue weighted by Gasteiger charge is 2.07. The molecule has 2 rings (SSSR count). The average molecular weight is 284 g/mol. The third-order valence-corrected chi connectivity index (χ3v) is 2.71. The predicted molar refractivity (Wildman–Crippen MR) is 60.9 cm³/mol. The second-order valence-corrected chi connectivity index (χ2v) is 4.06. The van der Waals surface area contributed by atoms with E-state index in [1.807, 2.05) is 18.2 Å². The molecule has 1 heterocycles. The quantitative estimate of drug-likeness (QED) is 0.937. The Morgan fingerprint density at radius 1 is 1.44 bits per heavy atom. The van der Waals surface area contributed by atoms with Gasteiger partial charge >= 0.3 is 0 Å². The van der Waals surface area contributed by atoms with Crippen LogP contribution in [-0.2, 0) is 13.2 Å². The summed E-state index contributed by atoms with van der Waals surface area (Å²) >= 11 is 3.38. The number of hydrogen-bond acceptors (Lipinski definition) is 4. The maximum atomic E-state index is 9.17. The number of aliphatic hydroxyl groups is 1. The molecule has 16 heavy (non-hydrogen) atoms. The molecule has 2 aromatic rings. The molecule has 84 valence electrons. The Morgan fingerprint density at radius 2 is 2.31 bits per heavy atom. The molecule has 0 saturated carbocycles. The van der Waals surface area contributed by atoms with Gasteiger partial charge in [0.2, 0.25) is 0 Å². The van der Waals surface area contributed by atoms with Gasteiger partial charge in [0.15, 0.2) is 0 Å². The number of nitrogens with zero attached hydrogens (tertiary/aromatic N) is 1. The lowest BCUT2D eigenvalue weighted by molar-refractivity contribution is 0.257. The molecule has 0 atom stereocenters. The zero-order chi connectivity index (χ0) is 11.4. The molecular formula is C11H10BrNO3. The summed E-state index contributed by atoms with van der Waals surface area (Å²) in [5.74, 6) is 0.645. The third-order valence-electron chi connectivity index (χ3n) is 2.09. The number of benzene rings is 1. The fourth-order valence-electron chi connectivity index (χ4n) is 1.29. The number of rotatable bonds is 4. The van der Waals surface area contributed by atoms with Crippen LogP contribution >= 0.6 is 15.9 Å². The predicted octanol–water partition coefficient (Wildman–Crippen LogP) is 2.51. The lowest BCUT2D eigenvalue weighted by Crippen LogP contribution is -1.98. The van der Waals surface area contributed by atoms with Crippen molar-refractivity contribution >= 4 is 15.9 Å². The van der Waals surface area contributed by atoms with Crippen molar-refractivity contribution in [1.82, 2.24) is 5.16 Å². The SMILES string of the molecule is OCc1cccc(Br)c1OCc1cnoc1. The van der Waals surface area contributed by atoms with Crippen molar-refractivity contribution in [2.45, 2.75) is 13.2 Å². The van der Waals surface area contributed by atoms with Gasteiger partial charge in [0, 0.05) is 11.1 Å². The van der Waals surface area contributed by atoms with Gasteiger partial charge in [-0.15, -0.1) is 0 Å². The van der Waals surface area contributed by atoms with Gasteiger partial charge in [-0.3, -0.25) is 0 Å². The summed E-state index contributed by atoms with van der Waals surface area (Å²) in [5.41, 5.74) is 1.59. The molecule has 0 fully saturated rings. The first-order chi connectivity index (χ1) is 7.81. The molecule has 0 aliphatic heterocycles. The molecule has 0 amide bonds. The van der Waals surface area contributed by atoms with E-state index in [2.05, 4.69) is 21.1 Å². The Kier molecular flexibility index (Phi) is 3.58. The van der Waals surface area contributed by atoms with Crippen LogP contribution in [0.25, 0.3) is 0 Å². The summed E-state index contributed by atoms with van der Waals surface area (Å²) in [7, 11) is 0. The van der Waals surface area contributed by atoms with E-state index in [0.717, 1.165) is 15.6 Å². The highest BCUT2D eigenvalue weighted by atomic mass is 79.9. The lowest BCUT2D eigenvalue weighted by atomic mass is 10.2. The van der Waals surface area contributed by atoms with Crippen molar-refractivity contribution in [3.05, 3.63) is 46.3 Å². The largest absolute Gasteiger partial charge is 0.487 e. The molecule has 1 aromatic heterocycles. The summed E-state index contributed by atoms with van der Waals surface area (Å²) in [6.45, 7) is 0.303. The Bertz CT molecular complexity index is 456. The summed E-state index contributed by atoms with van der Waals surface area (Å²) in [4.78, 5) is 0. The first kappa shape index (κ1) is 11.2. The van der Waals surface area contributed by atoms with Gasteiger partial charge in [0.1, 0.15) is 18.6 Å². The van der Waals surface area contributed by atoms with Crippen LogP contribution in [0.5, 0.6) is 5.75 Å². The second-order valence-electron chi connectivity index (χ2n) is 3.21. The Balaban J connectivity index is 2.14. The van der Waals surface area contributed by atoms with Gasteiger partial charge in [-0.2, -0.15) is 0 Å². The molecule has 1 N–H and O–H groups in total. The third kappa shape index (κ3) is 2.43. The van der Waals surface area contributed by atoms with Gasteiger partial charge in [-0.05, 0) is 22.0 Å². The van der Waals surface area contributed by atoms with Crippen molar-refractivity contribution < 1.29 is 14.4 Å². The summed E-state index contributed by atoms with van der Waals surface area (Å²) < 4.78 is 11.1. The molecule has 0 aliphatic rings. The van der Waals surface area contributed by atoms with E-state index in [4.69, 9.17) is 14.4 Å². The van der Waals surface area contributed by atoms with E-state index in [-0.39, 0.29) is 6.61 Å². The number of aliphatic hydroxyl groups excluding tert-OH is 1. The topological polar surface area (TPSA) is 55.5 Å². The molecule has 0 unspecified atom stereocenters. The summed E-state index contributed by atoms with van der Waals surface area (Å²) in [5, 5.41) is 12.8. The molecule has 0 bridgehead atoms. The first-order valence-corrected chi connectivity index (χ1v) is 5.50. The van der Waals surface area contributed by atoms with E-state index in [1.165, 1.54) is 6.26 Å². The van der Waals surface area contributed by atoms with Crippen LogP contribution in [0.2, 0.25) is 0 Å². The fourth-order valence-corrected chi connectivity index (χ4v) is 1.81. The molecule has 0 spiro atoms. The maximum absolute atomic E-state index is 9.17. The number of hydrogen-bond donors (Lipinski definition) is 1. The van der Waals surface area contributed by atoms with Crippen molar-refractivity contribution in [3.8, 4) is 5.75 Å². The minimum Gasteiger partial charge on any atom is -0.487 e. The first-order valence-electron chi connectivity index (χ1n) is 4.70. The Morgan fingerprint density at radius 3 is 3.00 bits per heavy atom. The zero-order valence-electron chi connectivity index (χ0n) is 8.39. The van der Waals surface area contributed by atoms with Gasteiger partial charge in [-0.1, -0.05) is 17.3 Å². The van der Waals surface area contributed by atoms with Gasteiger partial charge in [0.25, 0.3) is 0 Å². The monoisotopic (exact) mass is 283 g/mol. The Hall–Kier alpha value is -1.33. The maximum Gasteiger partial charge on any atom is 0.139 e. The molecule has 0 saturated heterocycles. The van der Waals surface area contributed by atoms with Crippen molar-refractivity contribution in [3.63, 3.8) is 0 Å². The van der Waals surface area contributed by atoms with Gasteiger partial charge in [-0.25, -0.2) is 0 Å². The highest BCUT2D eigenvalue weighted by molar-refractivity contribution is 9.10. The van der Waals surface area contributed by atoms with Crippen LogP contribution in [0.4, 0.5) is 0 Å². The van der Waals surface area contributed by atoms with Crippen molar-refractivity contribution in [1.29, 1.82) is 0 Å². The number of halogens is 1. The van der Waals surface area contributed by atoms with E-state index in [9.17, 15) is 0 Å². The van der Waals surface area contributed by atoms with Crippen LogP contribution in [0.3, 0.4) is 0 Å². The van der Waals surface area contributed by atoms with Crippen LogP contribution < -0.4 is 4.74 Å². The summed E-state index contributed by atoms with van der Waals surface area (Å²) in [6, 6.07) is 5.53. The fraction of sp³-hybridized carbons (Fsp3) is 0.182. The van der Waals surface area contributed by atoms with E-state index >= 15 is 0 Å². The van der Waals surface area contributed by atoms with E-state index in [0.29, 0.717) is 12.4 Å². The number of ether oxygens (including phenoxy) is 1. The van der Waals surface area contributed by atoms with Crippen molar-refractivity contribution in [2.24, 2.45) is 0 Å². The molecule has 0 aliphatic carbocycles. The second kappa shape index (κ2) is 5.14. The van der Waals surface area contributed by atoms with Crippen LogP contribution in [0.15, 0.2) is 39.7 Å². The van der Waals surface area contributed by atoms with Crippen LogP contribution in [0.1, 0.15) is 11.1 Å². The minimum atomic E-state index is -0.0571. The highest BCUT2D eigenvalue weighted by Crippen LogP contribution is 2.29. The van der Waals surface area contributed by atoms with Crippen LogP contribution in [0, 0.1) is 0 Å². The standard InChI is InChI=1S/C11H10BrNO3/c12-10-3-1-2-9(5-14)11(10)15-6-8-4-13-16-7-8/h1-4,7,14H,5-6H2. The van der Waals surface area contributed by atoms with Crippen molar-refractivity contribution in [2.75, 3.05) is 0 Å². The smallest absolute Gasteiger partial charge is 0.139 e. The molecular weight excluding hydrogens is 274 g/mol. The minimum absolute atomic E-state index is 0.0571. The number of para-hydroxylation sites is 1. The van der Waals surface area contributed by atoms with E-state index < -0.39 is 0 Å². The lowest BCUT2D eigenvalue weighted by Gasteiger charge is -2.10. The molecule has 4 nitrogen and oxygen atoms in total. The normalized spacial score (nSPS) is 10.4. The van der Waals surface area contributed by atoms with Crippen LogP contribution in [-0.4, -0.2) is 10.3 Å². The molecule has 5 heteroatoms. The summed E-state index contributed by atoms with van der Waals surface area (Å²) in [6.07, 6.45) is 3.12. The van der Waals surface area contributed by atoms with E-state index in [1.54, 1.807) is 6.20 Å². The number of aromatic nitrogens is 1. The van der Waals surface area contributed by atoms with Gasteiger partial charge < -0.3 is 14.4 Å². The zero-order valence-corrected chi connectivity index (χ0v) is 9.98. The average Bonchev–Trinajstić information content (AvgIpc) is 2.80. The van der Waals surface area contributed by atoms with Gasteiger partial charge in [0.05, 0.1) is 17.3 Å². The molecule has 0 radical (unpaired) electrons. The Labute approximate surface area is 101 Å². The molecule has 1 aromatic carbocycles.